The van der Waals surface area contributed by atoms with Crippen LogP contribution in [0.1, 0.15) is 32.4 Å². The molecule has 0 amide bonds. The molecule has 2 N–H and O–H groups in total. The van der Waals surface area contributed by atoms with E-state index in [9.17, 15) is 9.50 Å². The molecule has 7 heteroatoms. The average molecular weight is 418 g/mol. The Kier molecular flexibility index (Phi) is 8.66. The van der Waals surface area contributed by atoms with E-state index < -0.39 is 0 Å². The molecule has 0 saturated carbocycles. The van der Waals surface area contributed by atoms with E-state index in [0.717, 1.165) is 26.2 Å². The standard InChI is InChI=1S/C15H22BrFN2O.2ClH/c1-15(2,3)14(19-6-4-18-5-7-19)11-8-10(17)9-12(16)13(11)20;;/h8-9,14,18,20H,4-7H2,1-3H3;2*1H/t14-;;/m0../s1. The lowest BCUT2D eigenvalue weighted by atomic mass is 9.80. The van der Waals surface area contributed by atoms with E-state index >= 15 is 0 Å². The minimum atomic E-state index is -0.325. The number of phenols is 1. The molecule has 0 aliphatic carbocycles. The normalized spacial score (nSPS) is 17.3. The lowest BCUT2D eigenvalue weighted by Crippen LogP contribution is -2.48. The highest BCUT2D eigenvalue weighted by molar-refractivity contribution is 9.10. The smallest absolute Gasteiger partial charge is 0.134 e. The summed E-state index contributed by atoms with van der Waals surface area (Å²) in [6.45, 7) is 10.0. The second-order valence-corrected chi connectivity index (χ2v) is 7.23. The maximum absolute atomic E-state index is 13.8. The highest BCUT2D eigenvalue weighted by atomic mass is 79.9. The van der Waals surface area contributed by atoms with Crippen molar-refractivity contribution in [1.29, 1.82) is 0 Å². The van der Waals surface area contributed by atoms with Crippen LogP contribution in [0.25, 0.3) is 0 Å². The average Bonchev–Trinajstić information content (AvgIpc) is 2.35. The third-order valence-electron chi connectivity index (χ3n) is 3.69. The van der Waals surface area contributed by atoms with Crippen LogP contribution in [0.4, 0.5) is 4.39 Å². The topological polar surface area (TPSA) is 35.5 Å². The zero-order chi connectivity index (χ0) is 14.9. The van der Waals surface area contributed by atoms with E-state index in [2.05, 4.69) is 46.9 Å². The Bertz CT molecular complexity index is 491. The van der Waals surface area contributed by atoms with Crippen molar-refractivity contribution in [1.82, 2.24) is 10.2 Å². The van der Waals surface area contributed by atoms with Gasteiger partial charge in [0.1, 0.15) is 11.6 Å². The third-order valence-corrected chi connectivity index (χ3v) is 4.29. The first-order chi connectivity index (χ1) is 9.30. The van der Waals surface area contributed by atoms with Gasteiger partial charge in [0.05, 0.1) is 4.47 Å². The summed E-state index contributed by atoms with van der Waals surface area (Å²) in [6, 6.07) is 2.74. The first-order valence-corrected chi connectivity index (χ1v) is 7.72. The minimum absolute atomic E-state index is 0. The van der Waals surface area contributed by atoms with Crippen LogP contribution in [-0.4, -0.2) is 36.2 Å². The fraction of sp³-hybridized carbons (Fsp3) is 0.600. The summed E-state index contributed by atoms with van der Waals surface area (Å²) >= 11 is 3.24. The van der Waals surface area contributed by atoms with Crippen molar-refractivity contribution < 1.29 is 9.50 Å². The number of nitrogens with one attached hydrogen (secondary N) is 1. The van der Waals surface area contributed by atoms with Crippen LogP contribution >= 0.6 is 40.7 Å². The molecule has 1 aliphatic heterocycles. The predicted molar refractivity (Wildman–Crippen MR) is 96.9 cm³/mol. The number of halogens is 4. The first kappa shape index (κ1) is 21.9. The van der Waals surface area contributed by atoms with Gasteiger partial charge in [-0.25, -0.2) is 4.39 Å². The van der Waals surface area contributed by atoms with Gasteiger partial charge in [-0.05, 0) is 33.5 Å². The molecule has 1 atom stereocenters. The zero-order valence-electron chi connectivity index (χ0n) is 13.0. The molecule has 1 fully saturated rings. The Morgan fingerprint density at radius 1 is 1.23 bits per heavy atom. The Balaban J connectivity index is 0.00000220. The molecule has 0 spiro atoms. The molecule has 22 heavy (non-hydrogen) atoms. The van der Waals surface area contributed by atoms with Gasteiger partial charge in [-0.15, -0.1) is 24.8 Å². The number of hydrogen-bond donors (Lipinski definition) is 2. The number of nitrogens with zero attached hydrogens (tertiary/aromatic N) is 1. The molecule has 1 heterocycles. The second kappa shape index (κ2) is 8.69. The predicted octanol–water partition coefficient (Wildman–Crippen LogP) is 4.13. The van der Waals surface area contributed by atoms with Gasteiger partial charge in [-0.2, -0.15) is 0 Å². The van der Waals surface area contributed by atoms with Gasteiger partial charge in [-0.1, -0.05) is 20.8 Å². The second-order valence-electron chi connectivity index (χ2n) is 6.38. The quantitative estimate of drug-likeness (QED) is 0.759. The Labute approximate surface area is 152 Å². The maximum atomic E-state index is 13.8. The van der Waals surface area contributed by atoms with Gasteiger partial charge in [-0.3, -0.25) is 4.90 Å². The molecular formula is C15H24BrCl2FN2O. The molecule has 1 aromatic rings. The third kappa shape index (κ3) is 4.96. The van der Waals surface area contributed by atoms with Crippen LogP contribution in [0, 0.1) is 11.2 Å². The van der Waals surface area contributed by atoms with E-state index in [1.165, 1.54) is 12.1 Å². The van der Waals surface area contributed by atoms with Gasteiger partial charge >= 0.3 is 0 Å². The van der Waals surface area contributed by atoms with Gasteiger partial charge in [0.2, 0.25) is 0 Å². The zero-order valence-corrected chi connectivity index (χ0v) is 16.2. The van der Waals surface area contributed by atoms with E-state index in [4.69, 9.17) is 0 Å². The number of phenolic OH excluding ortho intramolecular Hbond substituents is 1. The largest absolute Gasteiger partial charge is 0.506 e. The summed E-state index contributed by atoms with van der Waals surface area (Å²) in [5.41, 5.74) is 0.563. The minimum Gasteiger partial charge on any atom is -0.506 e. The van der Waals surface area contributed by atoms with E-state index in [1.807, 2.05) is 0 Å². The number of benzene rings is 1. The van der Waals surface area contributed by atoms with Crippen molar-refractivity contribution in [3.8, 4) is 5.75 Å². The van der Waals surface area contributed by atoms with Crippen LogP contribution in [-0.2, 0) is 0 Å². The Morgan fingerprint density at radius 2 is 1.77 bits per heavy atom. The van der Waals surface area contributed by atoms with E-state index in [-0.39, 0.29) is 47.8 Å². The van der Waals surface area contributed by atoms with Crippen LogP contribution in [0.5, 0.6) is 5.75 Å². The molecule has 0 unspecified atom stereocenters. The Hall–Kier alpha value is -0.0700. The van der Waals surface area contributed by atoms with Gasteiger partial charge in [0.15, 0.2) is 0 Å². The van der Waals surface area contributed by atoms with Crippen LogP contribution in [0.2, 0.25) is 0 Å². The molecule has 3 nitrogen and oxygen atoms in total. The molecule has 1 aliphatic rings. The van der Waals surface area contributed by atoms with Crippen molar-refractivity contribution in [2.75, 3.05) is 26.2 Å². The van der Waals surface area contributed by atoms with Crippen LogP contribution in [0.15, 0.2) is 16.6 Å². The summed E-state index contributed by atoms with van der Waals surface area (Å²) in [7, 11) is 0. The van der Waals surface area contributed by atoms with Crippen molar-refractivity contribution in [2.45, 2.75) is 26.8 Å². The molecule has 1 aromatic carbocycles. The fourth-order valence-corrected chi connectivity index (χ4v) is 3.39. The SMILES string of the molecule is CC(C)(C)[C@H](c1cc(F)cc(Br)c1O)N1CCNCC1.Cl.Cl. The van der Waals surface area contributed by atoms with E-state index in [1.54, 1.807) is 0 Å². The molecule has 0 aromatic heterocycles. The highest BCUT2D eigenvalue weighted by Crippen LogP contribution is 2.44. The highest BCUT2D eigenvalue weighted by Gasteiger charge is 2.35. The summed E-state index contributed by atoms with van der Waals surface area (Å²) in [6.07, 6.45) is 0. The molecule has 0 bridgehead atoms. The number of aromatic hydroxyl groups is 1. The lowest BCUT2D eigenvalue weighted by molar-refractivity contribution is 0.0839. The lowest BCUT2D eigenvalue weighted by Gasteiger charge is -2.42. The molecule has 2 rings (SSSR count). The summed E-state index contributed by atoms with van der Waals surface area (Å²) < 4.78 is 14.2. The van der Waals surface area contributed by atoms with Crippen LogP contribution in [0.3, 0.4) is 0 Å². The molecule has 1 saturated heterocycles. The number of rotatable bonds is 2. The fourth-order valence-electron chi connectivity index (χ4n) is 2.95. The summed E-state index contributed by atoms with van der Waals surface area (Å²) in [5.74, 6) is -0.182. The van der Waals surface area contributed by atoms with E-state index in [0.29, 0.717) is 10.0 Å². The maximum Gasteiger partial charge on any atom is 0.134 e. The summed E-state index contributed by atoms with van der Waals surface area (Å²) in [4.78, 5) is 2.32. The van der Waals surface area contributed by atoms with Crippen LogP contribution < -0.4 is 5.32 Å². The monoisotopic (exact) mass is 416 g/mol. The van der Waals surface area contributed by atoms with Gasteiger partial charge < -0.3 is 10.4 Å². The number of piperazine rings is 1. The van der Waals surface area contributed by atoms with Crippen molar-refractivity contribution >= 4 is 40.7 Å². The van der Waals surface area contributed by atoms with Gasteiger partial charge in [0, 0.05) is 37.8 Å². The molecule has 128 valence electrons. The summed E-state index contributed by atoms with van der Waals surface area (Å²) in [5, 5.41) is 13.7. The van der Waals surface area contributed by atoms with Crippen molar-refractivity contribution in [3.63, 3.8) is 0 Å². The Morgan fingerprint density at radius 3 is 2.27 bits per heavy atom. The molecular weight excluding hydrogens is 394 g/mol. The number of hydrogen-bond acceptors (Lipinski definition) is 3. The van der Waals surface area contributed by atoms with Gasteiger partial charge in [0.25, 0.3) is 0 Å². The molecule has 0 radical (unpaired) electrons. The van der Waals surface area contributed by atoms with Crippen molar-refractivity contribution in [3.05, 3.63) is 28.0 Å². The first-order valence-electron chi connectivity index (χ1n) is 6.93. The van der Waals surface area contributed by atoms with Crippen molar-refractivity contribution in [2.24, 2.45) is 5.41 Å².